The van der Waals surface area contributed by atoms with Crippen molar-refractivity contribution >= 4 is 11.8 Å². The molecule has 1 N–H and O–H groups in total. The lowest BCUT2D eigenvalue weighted by molar-refractivity contribution is -0.137. The van der Waals surface area contributed by atoms with Gasteiger partial charge in [0, 0.05) is 26.1 Å². The smallest absolute Gasteiger partial charge is 0.260 e. The standard InChI is InChI=1S/C16H22N2O4.H2/c1-12(2)17-16(20)13-4-3-5-14(10-13)22-11-15(19)18-6-8-21-9-7-18;/h3-5,10,12H,6-9,11H2,1-2H3,(H,17,20);1H. The Morgan fingerprint density at radius 1 is 1.36 bits per heavy atom. The van der Waals surface area contributed by atoms with Crippen LogP contribution >= 0.6 is 0 Å². The summed E-state index contributed by atoms with van der Waals surface area (Å²) in [5.74, 6) is 0.290. The maximum Gasteiger partial charge on any atom is 0.260 e. The van der Waals surface area contributed by atoms with Gasteiger partial charge in [-0.2, -0.15) is 0 Å². The number of morpholine rings is 1. The molecule has 0 atom stereocenters. The Hall–Kier alpha value is -2.08. The molecular formula is C16H24N2O4. The van der Waals surface area contributed by atoms with Gasteiger partial charge < -0.3 is 19.7 Å². The number of carbonyl (C=O) groups is 2. The van der Waals surface area contributed by atoms with Crippen LogP contribution in [-0.2, 0) is 9.53 Å². The summed E-state index contributed by atoms with van der Waals surface area (Å²) in [5, 5.41) is 2.82. The molecule has 122 valence electrons. The van der Waals surface area contributed by atoms with Gasteiger partial charge in [-0.05, 0) is 32.0 Å². The highest BCUT2D eigenvalue weighted by atomic mass is 16.5. The first kappa shape index (κ1) is 16.3. The molecule has 2 rings (SSSR count). The third-order valence-electron chi connectivity index (χ3n) is 3.24. The van der Waals surface area contributed by atoms with Gasteiger partial charge in [0.15, 0.2) is 6.61 Å². The van der Waals surface area contributed by atoms with Crippen LogP contribution in [0.1, 0.15) is 25.6 Å². The van der Waals surface area contributed by atoms with Crippen LogP contribution < -0.4 is 10.1 Å². The molecule has 0 bridgehead atoms. The molecule has 0 spiro atoms. The van der Waals surface area contributed by atoms with Crippen molar-refractivity contribution in [3.8, 4) is 5.75 Å². The number of nitrogens with zero attached hydrogens (tertiary/aromatic N) is 1. The van der Waals surface area contributed by atoms with Crippen molar-refractivity contribution in [2.24, 2.45) is 0 Å². The van der Waals surface area contributed by atoms with Gasteiger partial charge in [-0.15, -0.1) is 0 Å². The van der Waals surface area contributed by atoms with Crippen LogP contribution in [0.25, 0.3) is 0 Å². The zero-order valence-corrected chi connectivity index (χ0v) is 13.0. The highest BCUT2D eigenvalue weighted by molar-refractivity contribution is 5.94. The van der Waals surface area contributed by atoms with Crippen molar-refractivity contribution in [3.63, 3.8) is 0 Å². The van der Waals surface area contributed by atoms with E-state index in [4.69, 9.17) is 9.47 Å². The van der Waals surface area contributed by atoms with Crippen molar-refractivity contribution < 1.29 is 20.5 Å². The van der Waals surface area contributed by atoms with Gasteiger partial charge in [-0.3, -0.25) is 9.59 Å². The first-order valence-corrected chi connectivity index (χ1v) is 7.45. The lowest BCUT2D eigenvalue weighted by atomic mass is 10.2. The first-order chi connectivity index (χ1) is 10.6. The third kappa shape index (κ3) is 4.73. The lowest BCUT2D eigenvalue weighted by Crippen LogP contribution is -2.43. The molecule has 2 amide bonds. The van der Waals surface area contributed by atoms with Gasteiger partial charge in [0.2, 0.25) is 0 Å². The average Bonchev–Trinajstić information content (AvgIpc) is 2.53. The number of benzene rings is 1. The van der Waals surface area contributed by atoms with E-state index in [1.54, 1.807) is 29.2 Å². The Bertz CT molecular complexity index is 531. The molecule has 0 aliphatic carbocycles. The number of amides is 2. The summed E-state index contributed by atoms with van der Waals surface area (Å²) in [4.78, 5) is 25.7. The summed E-state index contributed by atoms with van der Waals surface area (Å²) in [6, 6.07) is 6.90. The zero-order valence-electron chi connectivity index (χ0n) is 13.0. The fourth-order valence-corrected chi connectivity index (χ4v) is 2.12. The number of hydrogen-bond acceptors (Lipinski definition) is 4. The van der Waals surface area contributed by atoms with Crippen LogP contribution in [-0.4, -0.2) is 55.7 Å². The quantitative estimate of drug-likeness (QED) is 0.890. The normalized spacial score (nSPS) is 14.8. The number of carbonyl (C=O) groups excluding carboxylic acids is 2. The highest BCUT2D eigenvalue weighted by Gasteiger charge is 2.17. The van der Waals surface area contributed by atoms with Gasteiger partial charge in [-0.25, -0.2) is 0 Å². The topological polar surface area (TPSA) is 67.9 Å². The zero-order chi connectivity index (χ0) is 15.9. The Labute approximate surface area is 131 Å². The monoisotopic (exact) mass is 308 g/mol. The SMILES string of the molecule is CC(C)NC(=O)c1cccc(OCC(=O)N2CCOCC2)c1.[HH]. The van der Waals surface area contributed by atoms with Crippen molar-refractivity contribution in [1.82, 2.24) is 10.2 Å². The van der Waals surface area contributed by atoms with Crippen LogP contribution in [0.5, 0.6) is 5.75 Å². The van der Waals surface area contributed by atoms with E-state index in [0.29, 0.717) is 37.6 Å². The summed E-state index contributed by atoms with van der Waals surface area (Å²) < 4.78 is 10.7. The number of hydrogen-bond donors (Lipinski definition) is 1. The van der Waals surface area contributed by atoms with Gasteiger partial charge in [0.05, 0.1) is 13.2 Å². The van der Waals surface area contributed by atoms with Crippen LogP contribution in [0.15, 0.2) is 24.3 Å². The van der Waals surface area contributed by atoms with E-state index in [1.165, 1.54) is 0 Å². The van der Waals surface area contributed by atoms with Gasteiger partial charge in [0.1, 0.15) is 5.75 Å². The van der Waals surface area contributed by atoms with Crippen LogP contribution in [0.4, 0.5) is 0 Å². The van der Waals surface area contributed by atoms with Gasteiger partial charge in [0.25, 0.3) is 11.8 Å². The number of rotatable bonds is 5. The molecule has 22 heavy (non-hydrogen) atoms. The fourth-order valence-electron chi connectivity index (χ4n) is 2.12. The van der Waals surface area contributed by atoms with E-state index in [-0.39, 0.29) is 25.9 Å². The largest absolute Gasteiger partial charge is 0.484 e. The lowest BCUT2D eigenvalue weighted by Gasteiger charge is -2.26. The molecule has 0 aromatic heterocycles. The van der Waals surface area contributed by atoms with E-state index >= 15 is 0 Å². The predicted octanol–water partition coefficient (Wildman–Crippen LogP) is 1.31. The molecule has 0 saturated carbocycles. The Balaban J connectivity index is 0.00000264. The molecule has 6 nitrogen and oxygen atoms in total. The third-order valence-corrected chi connectivity index (χ3v) is 3.24. The van der Waals surface area contributed by atoms with Crippen LogP contribution in [0, 0.1) is 0 Å². The van der Waals surface area contributed by atoms with Gasteiger partial charge in [-0.1, -0.05) is 6.07 Å². The van der Waals surface area contributed by atoms with Crippen molar-refractivity contribution in [3.05, 3.63) is 29.8 Å². The minimum atomic E-state index is -0.153. The highest BCUT2D eigenvalue weighted by Crippen LogP contribution is 2.14. The molecule has 1 aliphatic heterocycles. The molecular weight excluding hydrogens is 284 g/mol. The van der Waals surface area contributed by atoms with E-state index < -0.39 is 0 Å². The first-order valence-electron chi connectivity index (χ1n) is 7.45. The van der Waals surface area contributed by atoms with Crippen molar-refractivity contribution in [2.45, 2.75) is 19.9 Å². The van der Waals surface area contributed by atoms with E-state index in [9.17, 15) is 9.59 Å². The Morgan fingerprint density at radius 3 is 2.77 bits per heavy atom. The molecule has 1 aromatic rings. The van der Waals surface area contributed by atoms with E-state index in [2.05, 4.69) is 5.32 Å². The molecule has 1 fully saturated rings. The minimum absolute atomic E-state index is 0. The molecule has 1 aromatic carbocycles. The maximum atomic E-state index is 12.0. The molecule has 1 saturated heterocycles. The molecule has 6 heteroatoms. The van der Waals surface area contributed by atoms with Crippen LogP contribution in [0.3, 0.4) is 0 Å². The van der Waals surface area contributed by atoms with Gasteiger partial charge >= 0.3 is 0 Å². The molecule has 0 unspecified atom stereocenters. The summed E-state index contributed by atoms with van der Waals surface area (Å²) >= 11 is 0. The van der Waals surface area contributed by atoms with Crippen LogP contribution in [0.2, 0.25) is 0 Å². The molecule has 1 heterocycles. The Morgan fingerprint density at radius 2 is 2.09 bits per heavy atom. The molecule has 0 radical (unpaired) electrons. The second-order valence-corrected chi connectivity index (χ2v) is 5.44. The predicted molar refractivity (Wildman–Crippen MR) is 84.1 cm³/mol. The summed E-state index contributed by atoms with van der Waals surface area (Å²) in [6.45, 7) is 6.10. The summed E-state index contributed by atoms with van der Waals surface area (Å²) in [7, 11) is 0. The molecule has 1 aliphatic rings. The number of nitrogens with one attached hydrogen (secondary N) is 1. The maximum absolute atomic E-state index is 12.0. The summed E-state index contributed by atoms with van der Waals surface area (Å²) in [6.07, 6.45) is 0. The van der Waals surface area contributed by atoms with Crippen molar-refractivity contribution in [2.75, 3.05) is 32.9 Å². The fraction of sp³-hybridized carbons (Fsp3) is 0.500. The second kappa shape index (κ2) is 7.79. The summed E-state index contributed by atoms with van der Waals surface area (Å²) in [5.41, 5.74) is 0.519. The minimum Gasteiger partial charge on any atom is -0.484 e. The van der Waals surface area contributed by atoms with E-state index in [0.717, 1.165) is 0 Å². The second-order valence-electron chi connectivity index (χ2n) is 5.44. The number of ether oxygens (including phenoxy) is 2. The van der Waals surface area contributed by atoms with Crippen molar-refractivity contribution in [1.29, 1.82) is 0 Å². The van der Waals surface area contributed by atoms with E-state index in [1.807, 2.05) is 13.8 Å². The average molecular weight is 308 g/mol. The Kier molecular flexibility index (Phi) is 5.77.